The quantitative estimate of drug-likeness (QED) is 0.323. The third kappa shape index (κ3) is 7.79. The van der Waals surface area contributed by atoms with Crippen LogP contribution in [0, 0.1) is 18.2 Å². The van der Waals surface area contributed by atoms with Crippen molar-refractivity contribution in [3.63, 3.8) is 0 Å². The molecule has 0 saturated carbocycles. The first-order chi connectivity index (χ1) is 10.9. The van der Waals surface area contributed by atoms with Crippen LogP contribution in [-0.2, 0) is 6.42 Å². The van der Waals surface area contributed by atoms with Crippen molar-refractivity contribution in [3.05, 3.63) is 35.1 Å². The average molecular weight is 451 g/mol. The Balaban J connectivity index is 0.00000529. The van der Waals surface area contributed by atoms with Crippen LogP contribution in [0.4, 0.5) is 4.39 Å². The highest BCUT2D eigenvalue weighted by Gasteiger charge is 2.20. The summed E-state index contributed by atoms with van der Waals surface area (Å²) >= 11 is 0. The second-order valence-electron chi connectivity index (χ2n) is 6.27. The van der Waals surface area contributed by atoms with Crippen LogP contribution in [0.25, 0.3) is 0 Å². The number of halogens is 2. The number of aryl methyl sites for hydroxylation is 1. The molecule has 1 atom stereocenters. The summed E-state index contributed by atoms with van der Waals surface area (Å²) in [5.41, 5.74) is 1.91. The van der Waals surface area contributed by atoms with E-state index < -0.39 is 0 Å². The minimum absolute atomic E-state index is 0. The van der Waals surface area contributed by atoms with Gasteiger partial charge in [0.15, 0.2) is 5.96 Å². The van der Waals surface area contributed by atoms with Crippen molar-refractivity contribution in [2.75, 3.05) is 26.2 Å². The summed E-state index contributed by atoms with van der Waals surface area (Å²) in [6, 6.07) is 4.88. The van der Waals surface area contributed by atoms with E-state index >= 15 is 0 Å². The molecule has 0 aliphatic rings. The molecule has 1 unspecified atom stereocenters. The van der Waals surface area contributed by atoms with E-state index in [2.05, 4.69) is 22.5 Å². The molecule has 0 bridgehead atoms. The predicted molar refractivity (Wildman–Crippen MR) is 110 cm³/mol. The van der Waals surface area contributed by atoms with Crippen LogP contribution in [0.2, 0.25) is 0 Å². The standard InChI is InChI=1S/C18H30FN3O.HI/c1-5-18(4,13-23)12-22-17(20-6-2)21-10-9-15-7-8-16(19)11-14(15)3;/h7-8,11,23H,5-6,9-10,12-13H2,1-4H3,(H2,20,21,22);1H. The van der Waals surface area contributed by atoms with E-state index in [1.54, 1.807) is 6.07 Å². The van der Waals surface area contributed by atoms with Crippen LogP contribution in [0.1, 0.15) is 38.3 Å². The number of aliphatic imine (C=N–C) groups is 1. The summed E-state index contributed by atoms with van der Waals surface area (Å²) in [5.74, 6) is 0.553. The smallest absolute Gasteiger partial charge is 0.191 e. The molecule has 0 aliphatic carbocycles. The summed E-state index contributed by atoms with van der Waals surface area (Å²) in [7, 11) is 0. The fraction of sp³-hybridized carbons (Fsp3) is 0.611. The van der Waals surface area contributed by atoms with E-state index in [1.165, 1.54) is 6.07 Å². The Morgan fingerprint density at radius 2 is 2.00 bits per heavy atom. The van der Waals surface area contributed by atoms with Gasteiger partial charge in [-0.2, -0.15) is 0 Å². The monoisotopic (exact) mass is 451 g/mol. The normalized spacial score (nSPS) is 13.8. The summed E-state index contributed by atoms with van der Waals surface area (Å²) in [4.78, 5) is 4.57. The molecule has 1 rings (SSSR count). The molecule has 3 N–H and O–H groups in total. The number of nitrogens with one attached hydrogen (secondary N) is 2. The van der Waals surface area contributed by atoms with Gasteiger partial charge in [-0.1, -0.05) is 19.9 Å². The Labute approximate surface area is 162 Å². The van der Waals surface area contributed by atoms with Crippen LogP contribution in [0.3, 0.4) is 0 Å². The van der Waals surface area contributed by atoms with Gasteiger partial charge in [-0.25, -0.2) is 4.39 Å². The van der Waals surface area contributed by atoms with Gasteiger partial charge in [0.1, 0.15) is 5.82 Å². The Kier molecular flexibility index (Phi) is 11.2. The molecule has 0 saturated heterocycles. The lowest BCUT2D eigenvalue weighted by Crippen LogP contribution is -2.39. The molecule has 4 nitrogen and oxygen atoms in total. The van der Waals surface area contributed by atoms with E-state index in [-0.39, 0.29) is 41.8 Å². The van der Waals surface area contributed by atoms with Gasteiger partial charge in [0, 0.05) is 18.5 Å². The zero-order chi connectivity index (χ0) is 17.3. The maximum atomic E-state index is 13.1. The van der Waals surface area contributed by atoms with E-state index in [4.69, 9.17) is 0 Å². The highest BCUT2D eigenvalue weighted by Crippen LogP contribution is 2.20. The van der Waals surface area contributed by atoms with Crippen molar-refractivity contribution in [2.45, 2.75) is 40.5 Å². The SMILES string of the molecule is CCNC(=NCC(C)(CC)CO)NCCc1ccc(F)cc1C.I. The topological polar surface area (TPSA) is 56.7 Å². The van der Waals surface area contributed by atoms with Gasteiger partial charge in [0.25, 0.3) is 0 Å². The highest BCUT2D eigenvalue weighted by molar-refractivity contribution is 14.0. The Morgan fingerprint density at radius 3 is 2.54 bits per heavy atom. The minimum Gasteiger partial charge on any atom is -0.396 e. The lowest BCUT2D eigenvalue weighted by atomic mass is 9.89. The van der Waals surface area contributed by atoms with Crippen molar-refractivity contribution < 1.29 is 9.50 Å². The van der Waals surface area contributed by atoms with Gasteiger partial charge in [-0.3, -0.25) is 4.99 Å². The Bertz CT molecular complexity index is 519. The number of aliphatic hydroxyl groups is 1. The lowest BCUT2D eigenvalue weighted by molar-refractivity contribution is 0.145. The third-order valence-corrected chi connectivity index (χ3v) is 4.19. The predicted octanol–water partition coefficient (Wildman–Crippen LogP) is 3.26. The summed E-state index contributed by atoms with van der Waals surface area (Å²) < 4.78 is 13.1. The number of aliphatic hydroxyl groups excluding tert-OH is 1. The molecule has 0 spiro atoms. The summed E-state index contributed by atoms with van der Waals surface area (Å²) in [5, 5.41) is 16.0. The molecular weight excluding hydrogens is 420 g/mol. The van der Waals surface area contributed by atoms with Crippen molar-refractivity contribution in [1.29, 1.82) is 0 Å². The van der Waals surface area contributed by atoms with Crippen molar-refractivity contribution in [2.24, 2.45) is 10.4 Å². The fourth-order valence-corrected chi connectivity index (χ4v) is 2.14. The zero-order valence-electron chi connectivity index (χ0n) is 15.2. The van der Waals surface area contributed by atoms with E-state index in [0.717, 1.165) is 43.0 Å². The maximum absolute atomic E-state index is 13.1. The number of nitrogens with zero attached hydrogens (tertiary/aromatic N) is 1. The van der Waals surface area contributed by atoms with Gasteiger partial charge in [0.05, 0.1) is 13.2 Å². The molecule has 0 aromatic heterocycles. The first kappa shape index (κ1) is 23.1. The molecule has 1 aromatic carbocycles. The van der Waals surface area contributed by atoms with Gasteiger partial charge in [-0.15, -0.1) is 24.0 Å². The number of benzene rings is 1. The molecule has 0 radical (unpaired) electrons. The van der Waals surface area contributed by atoms with Crippen LogP contribution in [0.5, 0.6) is 0 Å². The molecule has 138 valence electrons. The largest absolute Gasteiger partial charge is 0.396 e. The van der Waals surface area contributed by atoms with E-state index in [1.807, 2.05) is 26.8 Å². The van der Waals surface area contributed by atoms with Gasteiger partial charge >= 0.3 is 0 Å². The third-order valence-electron chi connectivity index (χ3n) is 4.19. The first-order valence-electron chi connectivity index (χ1n) is 8.32. The number of hydrogen-bond acceptors (Lipinski definition) is 2. The number of guanidine groups is 1. The van der Waals surface area contributed by atoms with Crippen molar-refractivity contribution in [3.8, 4) is 0 Å². The number of hydrogen-bond donors (Lipinski definition) is 3. The zero-order valence-corrected chi connectivity index (χ0v) is 17.5. The van der Waals surface area contributed by atoms with Crippen LogP contribution >= 0.6 is 24.0 Å². The lowest BCUT2D eigenvalue weighted by Gasteiger charge is -2.23. The summed E-state index contributed by atoms with van der Waals surface area (Å²) in [6.45, 7) is 10.2. The molecule has 0 fully saturated rings. The second kappa shape index (κ2) is 11.6. The molecule has 0 heterocycles. The highest BCUT2D eigenvalue weighted by atomic mass is 127. The average Bonchev–Trinajstić information content (AvgIpc) is 2.54. The van der Waals surface area contributed by atoms with Crippen molar-refractivity contribution in [1.82, 2.24) is 10.6 Å². The second-order valence-corrected chi connectivity index (χ2v) is 6.27. The van der Waals surface area contributed by atoms with E-state index in [0.29, 0.717) is 6.54 Å². The van der Waals surface area contributed by atoms with Gasteiger partial charge in [0.2, 0.25) is 0 Å². The summed E-state index contributed by atoms with van der Waals surface area (Å²) in [6.07, 6.45) is 1.68. The van der Waals surface area contributed by atoms with Crippen LogP contribution in [-0.4, -0.2) is 37.3 Å². The maximum Gasteiger partial charge on any atom is 0.191 e. The molecule has 0 aliphatic heterocycles. The molecule has 24 heavy (non-hydrogen) atoms. The van der Waals surface area contributed by atoms with Crippen LogP contribution in [0.15, 0.2) is 23.2 Å². The van der Waals surface area contributed by atoms with Gasteiger partial charge < -0.3 is 15.7 Å². The molecule has 0 amide bonds. The van der Waals surface area contributed by atoms with Gasteiger partial charge in [-0.05, 0) is 49.9 Å². The Morgan fingerprint density at radius 1 is 1.29 bits per heavy atom. The minimum atomic E-state index is -0.197. The van der Waals surface area contributed by atoms with Crippen molar-refractivity contribution >= 4 is 29.9 Å². The molecule has 6 heteroatoms. The Hall–Kier alpha value is -0.890. The number of rotatable bonds is 8. The van der Waals surface area contributed by atoms with Crippen LogP contribution < -0.4 is 10.6 Å². The molecule has 1 aromatic rings. The molecular formula is C18H31FIN3O. The van der Waals surface area contributed by atoms with E-state index in [9.17, 15) is 9.50 Å². The first-order valence-corrected chi connectivity index (χ1v) is 8.32. The fourth-order valence-electron chi connectivity index (χ4n) is 2.14.